The average molecular weight is 1610 g/mol. The van der Waals surface area contributed by atoms with E-state index in [-0.39, 0.29) is 64.3 Å². The highest BCUT2D eigenvalue weighted by Gasteiger charge is 2.59. The summed E-state index contributed by atoms with van der Waals surface area (Å²) < 4.78 is 108. The van der Waals surface area contributed by atoms with E-state index in [1.54, 1.807) is 170 Å². The summed E-state index contributed by atoms with van der Waals surface area (Å²) in [7, 11) is 0. The van der Waals surface area contributed by atoms with Crippen LogP contribution in [0.2, 0.25) is 0 Å². The summed E-state index contributed by atoms with van der Waals surface area (Å²) in [5.74, 6) is -7.52. The van der Waals surface area contributed by atoms with Crippen molar-refractivity contribution in [1.82, 2.24) is 0 Å². The fourth-order valence-electron chi connectivity index (χ4n) is 13.6. The maximum atomic E-state index is 15.2. The van der Waals surface area contributed by atoms with Gasteiger partial charge in [0.15, 0.2) is 55.5 Å². The third-order valence-electron chi connectivity index (χ3n) is 19.6. The Morgan fingerprint density at radius 3 is 0.739 bits per heavy atom. The van der Waals surface area contributed by atoms with Crippen molar-refractivity contribution in [2.75, 3.05) is 19.8 Å². The Hall–Kier alpha value is -13.1. The van der Waals surface area contributed by atoms with E-state index in [0.717, 1.165) is 0 Å². The van der Waals surface area contributed by atoms with Crippen LogP contribution in [0.4, 0.5) is 0 Å². The molecule has 24 nitrogen and oxygen atoms in total. The van der Waals surface area contributed by atoms with Crippen LogP contribution >= 0.6 is 0 Å². The van der Waals surface area contributed by atoms with Gasteiger partial charge in [-0.15, -0.1) is 0 Å². The summed E-state index contributed by atoms with van der Waals surface area (Å²) in [6, 6.07) is 90.5. The Morgan fingerprint density at radius 1 is 0.202 bits per heavy atom. The molecule has 11 aromatic carbocycles. The van der Waals surface area contributed by atoms with Gasteiger partial charge in [-0.05, 0) is 114 Å². The summed E-state index contributed by atoms with van der Waals surface area (Å²) in [6.07, 6.45) is -26.4. The molecular weight excluding hydrogens is 1530 g/mol. The smallest absolute Gasteiger partial charge is 0.338 e. The van der Waals surface area contributed by atoms with Gasteiger partial charge >= 0.3 is 47.8 Å². The number of hydrogen-bond acceptors (Lipinski definition) is 24. The first-order valence-electron chi connectivity index (χ1n) is 38.5. The van der Waals surface area contributed by atoms with Crippen molar-refractivity contribution in [1.29, 1.82) is 0 Å². The van der Waals surface area contributed by atoms with Gasteiger partial charge in [0.05, 0.1) is 70.9 Å². The van der Waals surface area contributed by atoms with Gasteiger partial charge in [0.2, 0.25) is 0 Å². The van der Waals surface area contributed by atoms with Crippen molar-refractivity contribution in [3.8, 4) is 0 Å². The van der Waals surface area contributed by atoms with Gasteiger partial charge in [0.1, 0.15) is 49.8 Å². The van der Waals surface area contributed by atoms with Crippen LogP contribution in [0.25, 0.3) is 0 Å². The van der Waals surface area contributed by atoms with Gasteiger partial charge < -0.3 is 75.8 Å². The number of benzene rings is 11. The van der Waals surface area contributed by atoms with Gasteiger partial charge in [-0.3, -0.25) is 0 Å². The van der Waals surface area contributed by atoms with E-state index in [0.29, 0.717) is 16.7 Å². The van der Waals surface area contributed by atoms with E-state index in [2.05, 4.69) is 0 Å². The minimum Gasteiger partial charge on any atom is -0.459 e. The molecule has 15 atom stereocenters. The van der Waals surface area contributed by atoms with Crippen LogP contribution in [-0.4, -0.2) is 160 Å². The van der Waals surface area contributed by atoms with E-state index in [9.17, 15) is 28.8 Å². The summed E-state index contributed by atoms with van der Waals surface area (Å²) in [4.78, 5) is 118. The van der Waals surface area contributed by atoms with Crippen molar-refractivity contribution >= 4 is 47.8 Å². The Balaban J connectivity index is 0.925. The Morgan fingerprint density at radius 2 is 0.429 bits per heavy atom. The third-order valence-corrected chi connectivity index (χ3v) is 19.6. The molecule has 11 aromatic rings. The first-order chi connectivity index (χ1) is 58.3. The van der Waals surface area contributed by atoms with E-state index in [4.69, 9.17) is 75.8 Å². The maximum absolute atomic E-state index is 15.2. The average Bonchev–Trinajstić information content (AvgIpc) is 0.767. The predicted molar refractivity (Wildman–Crippen MR) is 425 cm³/mol. The fraction of sp³-hybridized carbons (Fsp3) is 0.221. The van der Waals surface area contributed by atoms with Crippen LogP contribution in [0.1, 0.15) is 99.6 Å². The van der Waals surface area contributed by atoms with Crippen LogP contribution in [0, 0.1) is 0 Å². The van der Waals surface area contributed by atoms with Crippen LogP contribution in [0.3, 0.4) is 0 Å². The topological polar surface area (TPSA) is 284 Å². The maximum Gasteiger partial charge on any atom is 0.338 e. The first kappa shape index (κ1) is 82.4. The zero-order chi connectivity index (χ0) is 82.1. The summed E-state index contributed by atoms with van der Waals surface area (Å²) in [5, 5.41) is 0. The molecule has 3 aliphatic rings. The van der Waals surface area contributed by atoms with E-state index in [1.165, 1.54) is 97.1 Å². The lowest BCUT2D eigenvalue weighted by atomic mass is 9.95. The Labute approximate surface area is 685 Å². The molecule has 0 aliphatic carbocycles. The second kappa shape index (κ2) is 41.1. The van der Waals surface area contributed by atoms with Crippen molar-refractivity contribution < 1.29 is 114 Å². The van der Waals surface area contributed by atoms with Crippen molar-refractivity contribution in [2.24, 2.45) is 0 Å². The monoisotopic (exact) mass is 1610 g/mol. The van der Waals surface area contributed by atoms with Gasteiger partial charge in [-0.2, -0.15) is 0 Å². The molecule has 14 rings (SSSR count). The number of rotatable bonds is 32. The number of carbonyl (C=O) groups excluding carboxylic acids is 8. The lowest BCUT2D eigenvalue weighted by molar-refractivity contribution is -0.374. The lowest BCUT2D eigenvalue weighted by Gasteiger charge is -2.50. The number of carbonyl (C=O) groups is 8. The lowest BCUT2D eigenvalue weighted by Crippen LogP contribution is -2.67. The van der Waals surface area contributed by atoms with Gasteiger partial charge in [0, 0.05) is 0 Å². The van der Waals surface area contributed by atoms with Crippen LogP contribution in [0.5, 0.6) is 0 Å². The van der Waals surface area contributed by atoms with E-state index >= 15 is 9.59 Å². The third kappa shape index (κ3) is 21.9. The number of ether oxygens (including phenoxy) is 16. The van der Waals surface area contributed by atoms with Crippen molar-refractivity contribution in [3.05, 3.63) is 395 Å². The van der Waals surface area contributed by atoms with Gasteiger partial charge in [-0.1, -0.05) is 237 Å². The zero-order valence-corrected chi connectivity index (χ0v) is 64.0. The molecule has 0 aromatic heterocycles. The highest BCUT2D eigenvalue weighted by molar-refractivity contribution is 5.94. The van der Waals surface area contributed by atoms with Crippen molar-refractivity contribution in [3.63, 3.8) is 0 Å². The molecule has 3 aliphatic heterocycles. The minimum atomic E-state index is -2.04. The molecule has 3 saturated heterocycles. The molecule has 0 radical (unpaired) electrons. The molecule has 0 amide bonds. The normalized spacial score (nSPS) is 22.6. The molecule has 3 heterocycles. The van der Waals surface area contributed by atoms with Crippen LogP contribution in [0.15, 0.2) is 334 Å². The number of esters is 8. The van der Waals surface area contributed by atoms with Gasteiger partial charge in [0.25, 0.3) is 0 Å². The van der Waals surface area contributed by atoms with E-state index in [1.807, 2.05) is 66.7 Å². The molecule has 0 N–H and O–H groups in total. The molecule has 0 spiro atoms. The molecule has 119 heavy (non-hydrogen) atoms. The molecule has 0 unspecified atom stereocenters. The Bertz CT molecular complexity index is 5090. The molecule has 0 bridgehead atoms. The van der Waals surface area contributed by atoms with Gasteiger partial charge in [-0.25, -0.2) is 38.4 Å². The minimum absolute atomic E-state index is 0.00829. The largest absolute Gasteiger partial charge is 0.459 e. The second-order valence-electron chi connectivity index (χ2n) is 27.7. The molecule has 606 valence electrons. The predicted octanol–water partition coefficient (Wildman–Crippen LogP) is 14.0. The highest BCUT2D eigenvalue weighted by atomic mass is 16.8. The van der Waals surface area contributed by atoms with Crippen LogP contribution in [-0.2, 0) is 95.6 Å². The molecular formula is C95H82O24. The molecule has 3 fully saturated rings. The second-order valence-corrected chi connectivity index (χ2v) is 27.7. The molecule has 0 saturated carbocycles. The summed E-state index contributed by atoms with van der Waals surface area (Å²) >= 11 is 0. The summed E-state index contributed by atoms with van der Waals surface area (Å²) in [5.41, 5.74) is 2.37. The Kier molecular flexibility index (Phi) is 28.5. The highest BCUT2D eigenvalue weighted by Crippen LogP contribution is 2.40. The quantitative estimate of drug-likeness (QED) is 0.0280. The summed E-state index contributed by atoms with van der Waals surface area (Å²) in [6.45, 7) is -2.73. The zero-order valence-electron chi connectivity index (χ0n) is 64.0. The SMILES string of the molecule is O=C(OC[C@@H]1O[C@H](O[C@@H]2[C@@H](OCc3ccccc3)[C@@H](OCc3ccccc3)O[C@H](CO[C@H]3O[C@H](COC(=O)c4ccccc4)[C@@H](OC(=O)c4ccccc4)[C@@H](OC(=O)c4ccccc4)[C@H]3OC(=O)c3ccccc3)[C@H]2OCc2ccccc2)[C@@H](OC(=O)c2ccccc2)[C@H](OC(=O)c2ccccc2)[C@@H]1OC(=O)c1ccccc1)c1ccccc1. The molecule has 24 heteroatoms. The van der Waals surface area contributed by atoms with Crippen molar-refractivity contribution in [2.45, 2.75) is 112 Å². The van der Waals surface area contributed by atoms with E-state index < -0.39 is 160 Å². The standard InChI is InChI=1S/C95H82O24/c96-85(65-40-18-4-19-41-65)106-59-74-77(113-87(98)67-44-22-6-23-45-67)80(115-89(100)69-48-26-8-27-49-69)83(117-91(102)71-52-30-10-31-53-71)94(111-74)109-61-73-76(104-56-62-34-12-1-13-35-62)79(82(105-57-63-36-14-2-15-37-63)93(110-73)108-58-64-38-16-3-17-39-64)119-95-84(118-92(103)72-54-32-11-33-55-72)81(116-90(101)70-50-28-9-29-51-70)78(114-88(99)68-46-24-7-25-47-68)75(112-95)60-107-86(97)66-42-20-5-21-43-66/h1-55,73-84,93-95H,56-61H2/t73-,74-,75+,76-,77-,78-,79+,80-,81-,82-,83-,84+,93+,94+,95-/m1/s1. The fourth-order valence-corrected chi connectivity index (χ4v) is 13.6. The number of hydrogen-bond donors (Lipinski definition) is 0. The first-order valence-corrected chi connectivity index (χ1v) is 38.5. The van der Waals surface area contributed by atoms with Crippen LogP contribution < -0.4 is 0 Å².